The molecule has 2 aliphatic carbocycles. The summed E-state index contributed by atoms with van der Waals surface area (Å²) in [5.41, 5.74) is -4.96. The fraction of sp³-hybridized carbons (Fsp3) is 0.275. The number of rotatable bonds is 5. The van der Waals surface area contributed by atoms with Crippen LogP contribution in [0.25, 0.3) is 0 Å². The molecule has 0 spiro atoms. The molecule has 6 atom stereocenters. The van der Waals surface area contributed by atoms with Crippen LogP contribution in [-0.4, -0.2) is 38.7 Å². The number of imide groups is 2. The van der Waals surface area contributed by atoms with E-state index in [1.165, 1.54) is 48.5 Å². The average molecular weight is 962 g/mol. The molecule has 2 aliphatic heterocycles. The highest BCUT2D eigenvalue weighted by Crippen LogP contribution is 2.65. The van der Waals surface area contributed by atoms with Crippen LogP contribution in [0.1, 0.15) is 46.6 Å². The number of carbonyl (C=O) groups is 4. The Morgan fingerprint density at radius 1 is 0.770 bits per heavy atom. The molecule has 1 saturated carbocycles. The van der Waals surface area contributed by atoms with Crippen molar-refractivity contribution in [1.29, 1.82) is 0 Å². The number of nitrogens with zero attached hydrogens (tertiary/aromatic N) is 3. The molecule has 9 nitrogen and oxygen atoms in total. The minimum absolute atomic E-state index is 0.0266. The van der Waals surface area contributed by atoms with E-state index in [0.29, 0.717) is 21.7 Å². The van der Waals surface area contributed by atoms with Crippen LogP contribution in [0.15, 0.2) is 89.0 Å². The van der Waals surface area contributed by atoms with Crippen LogP contribution in [0.5, 0.6) is 5.75 Å². The molecule has 3 fully saturated rings. The normalized spacial score (nSPS) is 25.4. The van der Waals surface area contributed by atoms with Gasteiger partial charge in [-0.15, -0.1) is 0 Å². The number of hydrogen-bond acceptors (Lipinski definition) is 7. The van der Waals surface area contributed by atoms with Crippen LogP contribution >= 0.6 is 39.1 Å². The van der Waals surface area contributed by atoms with E-state index < -0.39 is 123 Å². The maximum Gasteiger partial charge on any atom is 0.417 e. The van der Waals surface area contributed by atoms with Gasteiger partial charge < -0.3 is 5.11 Å². The van der Waals surface area contributed by atoms with Crippen molar-refractivity contribution in [1.82, 2.24) is 9.99 Å². The number of pyridine rings is 1. The van der Waals surface area contributed by atoms with Crippen molar-refractivity contribution in [2.45, 2.75) is 42.7 Å². The zero-order valence-electron chi connectivity index (χ0n) is 30.3. The predicted molar refractivity (Wildman–Crippen MR) is 202 cm³/mol. The minimum Gasteiger partial charge on any atom is -0.508 e. The molecule has 0 radical (unpaired) electrons. The Hall–Kier alpha value is -5.14. The summed E-state index contributed by atoms with van der Waals surface area (Å²) in [6, 6.07) is 10.8. The quantitative estimate of drug-likeness (QED) is 0.116. The van der Waals surface area contributed by atoms with Gasteiger partial charge in [-0.3, -0.25) is 24.6 Å². The number of alkyl halides is 9. The lowest BCUT2D eigenvalue weighted by atomic mass is 9.49. The Labute approximate surface area is 356 Å². The first-order valence-electron chi connectivity index (χ1n) is 17.9. The van der Waals surface area contributed by atoms with Gasteiger partial charge in [0.15, 0.2) is 5.82 Å². The van der Waals surface area contributed by atoms with E-state index in [0.717, 1.165) is 0 Å². The van der Waals surface area contributed by atoms with Crippen LogP contribution in [0.2, 0.25) is 10.0 Å². The molecule has 2 N–H and O–H groups in total. The Morgan fingerprint density at radius 2 is 1.39 bits per heavy atom. The van der Waals surface area contributed by atoms with E-state index in [-0.39, 0.29) is 51.2 Å². The highest BCUT2D eigenvalue weighted by Gasteiger charge is 2.71. The van der Waals surface area contributed by atoms with Gasteiger partial charge in [-0.05, 0) is 78.9 Å². The number of anilines is 2. The van der Waals surface area contributed by atoms with Crippen molar-refractivity contribution >= 4 is 74.3 Å². The number of phenols is 1. The summed E-state index contributed by atoms with van der Waals surface area (Å²) in [5.74, 6) is -12.2. The summed E-state index contributed by atoms with van der Waals surface area (Å²) >= 11 is 15.8. The van der Waals surface area contributed by atoms with Crippen molar-refractivity contribution in [3.05, 3.63) is 127 Å². The molecule has 4 aromatic rings. The van der Waals surface area contributed by atoms with Gasteiger partial charge in [-0.2, -0.15) is 44.5 Å². The molecule has 1 aromatic heterocycles. The number of aromatic hydroxyl groups is 1. The molecular weight excluding hydrogens is 938 g/mol. The van der Waals surface area contributed by atoms with E-state index in [1.54, 1.807) is 0 Å². The summed E-state index contributed by atoms with van der Waals surface area (Å²) in [4.78, 5) is 62.7. The lowest BCUT2D eigenvalue weighted by Crippen LogP contribution is -2.53. The zero-order chi connectivity index (χ0) is 44.3. The van der Waals surface area contributed by atoms with Crippen LogP contribution in [0.4, 0.5) is 51.0 Å². The molecule has 8 rings (SSSR count). The van der Waals surface area contributed by atoms with E-state index in [2.05, 4.69) is 26.3 Å². The number of amides is 4. The number of allylic oxidation sites excluding steroid dienone is 2. The van der Waals surface area contributed by atoms with Crippen molar-refractivity contribution in [3.8, 4) is 5.75 Å². The standard InChI is InChI=1S/C40H24BrCl2F9N4O5/c41-20-3-8-29(57)26(13-20)31-23-6-7-24-30(35(60)55(33(24)58)22-10-17(38(44,45)46)9-18(11-22)39(47,48)49)25(23)14-27-34(59)56(36(61)37(27,31)16-1-4-21(42)5-2-16)54-32-28(43)12-19(15-53-32)40(50,51)52/h1-6,8-13,15,24-25,27,30-31,57H,7,14H2,(H,53,54)/t24-,25+,27-,30-,31+,37+/m0/s1. The highest BCUT2D eigenvalue weighted by molar-refractivity contribution is 9.10. The highest BCUT2D eigenvalue weighted by atomic mass is 79.9. The smallest absolute Gasteiger partial charge is 0.417 e. The molecule has 318 valence electrons. The molecule has 0 unspecified atom stereocenters. The average Bonchev–Trinajstić information content (AvgIpc) is 3.56. The van der Waals surface area contributed by atoms with Crippen molar-refractivity contribution in [2.75, 3.05) is 10.3 Å². The lowest BCUT2D eigenvalue weighted by Gasteiger charge is -2.50. The Morgan fingerprint density at radius 3 is 1.98 bits per heavy atom. The maximum absolute atomic E-state index is 15.3. The maximum atomic E-state index is 15.3. The van der Waals surface area contributed by atoms with Crippen LogP contribution in [-0.2, 0) is 43.1 Å². The van der Waals surface area contributed by atoms with E-state index >= 15 is 4.79 Å². The van der Waals surface area contributed by atoms with Crippen LogP contribution in [0.3, 0.4) is 0 Å². The number of phenolic OH excluding ortho intramolecular Hbond substituents is 1. The summed E-state index contributed by atoms with van der Waals surface area (Å²) < 4.78 is 124. The minimum atomic E-state index is -5.31. The number of hydrogen-bond donors (Lipinski definition) is 2. The Kier molecular flexibility index (Phi) is 10.1. The summed E-state index contributed by atoms with van der Waals surface area (Å²) in [7, 11) is 0. The topological polar surface area (TPSA) is 120 Å². The number of fused-ring (bicyclic) bond motifs is 4. The number of carbonyl (C=O) groups excluding carboxylic acids is 4. The van der Waals surface area contributed by atoms with Gasteiger partial charge in [0.2, 0.25) is 11.8 Å². The molecule has 0 bridgehead atoms. The number of benzene rings is 3. The molecule has 4 aliphatic rings. The Balaban J connectivity index is 1.31. The third kappa shape index (κ3) is 6.83. The Bertz CT molecular complexity index is 2550. The summed E-state index contributed by atoms with van der Waals surface area (Å²) in [6.45, 7) is 0. The van der Waals surface area contributed by atoms with E-state index in [4.69, 9.17) is 23.2 Å². The first kappa shape index (κ1) is 42.5. The molecule has 21 heteroatoms. The first-order chi connectivity index (χ1) is 28.4. The van der Waals surface area contributed by atoms with Gasteiger partial charge in [0, 0.05) is 27.2 Å². The third-order valence-electron chi connectivity index (χ3n) is 11.7. The number of aromatic nitrogens is 1. The second-order valence-electron chi connectivity index (χ2n) is 14.9. The van der Waals surface area contributed by atoms with Crippen LogP contribution in [0, 0.1) is 23.7 Å². The van der Waals surface area contributed by atoms with Crippen molar-refractivity contribution in [2.24, 2.45) is 23.7 Å². The van der Waals surface area contributed by atoms with Gasteiger partial charge in [-0.1, -0.05) is 62.9 Å². The first-order valence-corrected chi connectivity index (χ1v) is 19.5. The second-order valence-corrected chi connectivity index (χ2v) is 16.7. The number of halogens is 12. The summed E-state index contributed by atoms with van der Waals surface area (Å²) in [6.07, 6.45) is -14.3. The molecule has 61 heavy (non-hydrogen) atoms. The zero-order valence-corrected chi connectivity index (χ0v) is 33.4. The molecular formula is C40H24BrCl2F9N4O5. The van der Waals surface area contributed by atoms with Crippen molar-refractivity contribution in [3.63, 3.8) is 0 Å². The van der Waals surface area contributed by atoms with Crippen molar-refractivity contribution < 1.29 is 63.8 Å². The molecule has 3 heterocycles. The van der Waals surface area contributed by atoms with Gasteiger partial charge >= 0.3 is 18.5 Å². The molecule has 3 aromatic carbocycles. The third-order valence-corrected chi connectivity index (χ3v) is 12.7. The van der Waals surface area contributed by atoms with Gasteiger partial charge in [-0.25, -0.2) is 9.88 Å². The lowest BCUT2D eigenvalue weighted by molar-refractivity contribution is -0.143. The van der Waals surface area contributed by atoms with Crippen LogP contribution < -0.4 is 10.3 Å². The summed E-state index contributed by atoms with van der Waals surface area (Å²) in [5, 5.41) is 11.6. The SMILES string of the molecule is O=C1[C@@H]2C[C@@H]3C(=CC[C@@H]4C(=O)N(c5cc(C(F)(F)F)cc(C(F)(F)F)c5)C(=O)[C@@H]43)[C@H](c3cc(Br)ccc3O)[C@]2(c2ccc(Cl)cc2)C(=O)N1Nc1ncc(C(F)(F)F)cc1Cl. The molecule has 2 saturated heterocycles. The monoisotopic (exact) mass is 960 g/mol. The fourth-order valence-corrected chi connectivity index (χ4v) is 9.92. The van der Waals surface area contributed by atoms with E-state index in [1.807, 2.05) is 0 Å². The van der Waals surface area contributed by atoms with E-state index in [9.17, 15) is 59.0 Å². The molecule has 4 amide bonds. The second kappa shape index (κ2) is 14.5. The predicted octanol–water partition coefficient (Wildman–Crippen LogP) is 10.1. The number of hydrazine groups is 1. The van der Waals surface area contributed by atoms with Gasteiger partial charge in [0.25, 0.3) is 11.8 Å². The largest absolute Gasteiger partial charge is 0.508 e. The van der Waals surface area contributed by atoms with Gasteiger partial charge in [0.05, 0.1) is 50.6 Å². The fourth-order valence-electron chi connectivity index (χ4n) is 9.21. The number of nitrogens with one attached hydrogen (secondary N) is 1. The van der Waals surface area contributed by atoms with Gasteiger partial charge in [0.1, 0.15) is 5.75 Å².